The van der Waals surface area contributed by atoms with Gasteiger partial charge in [0.2, 0.25) is 0 Å². The molecule has 0 N–H and O–H groups in total. The average molecular weight is 217 g/mol. The van der Waals surface area contributed by atoms with Crippen molar-refractivity contribution in [3.8, 4) is 0 Å². The summed E-state index contributed by atoms with van der Waals surface area (Å²) in [6, 6.07) is 0. The molecule has 2 rings (SSSR count). The fourth-order valence-electron chi connectivity index (χ4n) is 3.19. The van der Waals surface area contributed by atoms with Gasteiger partial charge in [0, 0.05) is 0 Å². The van der Waals surface area contributed by atoms with Crippen LogP contribution in [0.5, 0.6) is 0 Å². The quantitative estimate of drug-likeness (QED) is 0.536. The van der Waals surface area contributed by atoms with Crippen LogP contribution in [0.3, 0.4) is 0 Å². The maximum Gasteiger partial charge on any atom is 0.321 e. The van der Waals surface area contributed by atoms with Gasteiger partial charge in [-0.1, -0.05) is 13.3 Å². The van der Waals surface area contributed by atoms with E-state index in [1.54, 1.807) is 0 Å². The van der Waals surface area contributed by atoms with Crippen molar-refractivity contribution in [2.45, 2.75) is 38.7 Å². The molecule has 0 aromatic carbocycles. The van der Waals surface area contributed by atoms with Crippen LogP contribution in [-0.2, 0) is 9.53 Å². The number of alkyl halides is 1. The second-order valence-electron chi connectivity index (χ2n) is 4.56. The Morgan fingerprint density at radius 2 is 2.14 bits per heavy atom. The molecule has 4 atom stereocenters. The number of fused-ring (bicyclic) bond motifs is 2. The molecule has 0 saturated heterocycles. The van der Waals surface area contributed by atoms with Crippen molar-refractivity contribution in [1.29, 1.82) is 0 Å². The summed E-state index contributed by atoms with van der Waals surface area (Å²) in [5.74, 6) is 2.05. The van der Waals surface area contributed by atoms with Crippen molar-refractivity contribution in [3.63, 3.8) is 0 Å². The van der Waals surface area contributed by atoms with Crippen LogP contribution in [-0.4, -0.2) is 18.0 Å². The van der Waals surface area contributed by atoms with Crippen LogP contribution in [0.4, 0.5) is 0 Å². The SMILES string of the molecule is CC[C@H]1C[C@H]2C[C@@H]1C[C@@H]2OC(=O)CCl. The minimum absolute atomic E-state index is 0.00884. The first-order valence-electron chi connectivity index (χ1n) is 5.50. The lowest BCUT2D eigenvalue weighted by molar-refractivity contribution is -0.148. The summed E-state index contributed by atoms with van der Waals surface area (Å²) in [5.41, 5.74) is 0. The Balaban J connectivity index is 1.87. The van der Waals surface area contributed by atoms with Crippen LogP contribution in [0.15, 0.2) is 0 Å². The van der Waals surface area contributed by atoms with Gasteiger partial charge in [0.25, 0.3) is 0 Å². The van der Waals surface area contributed by atoms with Gasteiger partial charge in [0.15, 0.2) is 0 Å². The highest BCUT2D eigenvalue weighted by Crippen LogP contribution is 2.50. The molecule has 0 aliphatic heterocycles. The molecule has 0 heterocycles. The van der Waals surface area contributed by atoms with Crippen molar-refractivity contribution < 1.29 is 9.53 Å². The smallest absolute Gasteiger partial charge is 0.321 e. The molecule has 2 nitrogen and oxygen atoms in total. The first kappa shape index (κ1) is 10.3. The van der Waals surface area contributed by atoms with Crippen LogP contribution in [0, 0.1) is 17.8 Å². The molecule has 2 saturated carbocycles. The van der Waals surface area contributed by atoms with E-state index in [1.165, 1.54) is 19.3 Å². The molecular formula is C11H17ClO2. The number of halogens is 1. The van der Waals surface area contributed by atoms with Gasteiger partial charge in [0.1, 0.15) is 12.0 Å². The summed E-state index contributed by atoms with van der Waals surface area (Å²) in [6.07, 6.45) is 5.04. The molecule has 0 radical (unpaired) electrons. The van der Waals surface area contributed by atoms with E-state index in [2.05, 4.69) is 6.92 Å². The Hall–Kier alpha value is -0.240. The summed E-state index contributed by atoms with van der Waals surface area (Å²) >= 11 is 5.41. The minimum atomic E-state index is -0.253. The van der Waals surface area contributed by atoms with Gasteiger partial charge < -0.3 is 4.74 Å². The van der Waals surface area contributed by atoms with Crippen LogP contribution in [0.1, 0.15) is 32.6 Å². The molecule has 0 aromatic rings. The fraction of sp³-hybridized carbons (Fsp3) is 0.909. The van der Waals surface area contributed by atoms with Crippen molar-refractivity contribution in [3.05, 3.63) is 0 Å². The zero-order valence-electron chi connectivity index (χ0n) is 8.54. The Bertz CT molecular complexity index is 229. The predicted octanol–water partition coefficient (Wildman–Crippen LogP) is 2.59. The van der Waals surface area contributed by atoms with Gasteiger partial charge >= 0.3 is 5.97 Å². The Morgan fingerprint density at radius 1 is 1.36 bits per heavy atom. The monoisotopic (exact) mass is 216 g/mol. The zero-order valence-corrected chi connectivity index (χ0v) is 9.30. The summed E-state index contributed by atoms with van der Waals surface area (Å²) in [6.45, 7) is 2.26. The summed E-state index contributed by atoms with van der Waals surface area (Å²) in [4.78, 5) is 11.0. The van der Waals surface area contributed by atoms with E-state index in [1.807, 2.05) is 0 Å². The maximum absolute atomic E-state index is 11.0. The molecule has 0 aromatic heterocycles. The van der Waals surface area contributed by atoms with Gasteiger partial charge in [-0.3, -0.25) is 4.79 Å². The minimum Gasteiger partial charge on any atom is -0.461 e. The number of hydrogen-bond donors (Lipinski definition) is 0. The molecule has 2 fully saturated rings. The lowest BCUT2D eigenvalue weighted by atomic mass is 9.85. The van der Waals surface area contributed by atoms with Crippen LogP contribution in [0.2, 0.25) is 0 Å². The van der Waals surface area contributed by atoms with Gasteiger partial charge in [0.05, 0.1) is 0 Å². The molecule has 2 aliphatic rings. The predicted molar refractivity (Wildman–Crippen MR) is 55.2 cm³/mol. The summed E-state index contributed by atoms with van der Waals surface area (Å²) in [7, 11) is 0. The van der Waals surface area contributed by atoms with Crippen molar-refractivity contribution in [1.82, 2.24) is 0 Å². The molecule has 80 valence electrons. The van der Waals surface area contributed by atoms with E-state index < -0.39 is 0 Å². The third-order valence-electron chi connectivity index (χ3n) is 3.85. The molecule has 14 heavy (non-hydrogen) atoms. The van der Waals surface area contributed by atoms with E-state index >= 15 is 0 Å². The second kappa shape index (κ2) is 4.09. The number of ether oxygens (including phenoxy) is 1. The first-order valence-corrected chi connectivity index (χ1v) is 6.03. The highest BCUT2D eigenvalue weighted by molar-refractivity contribution is 6.26. The Kier molecular flexibility index (Phi) is 3.01. The second-order valence-corrected chi connectivity index (χ2v) is 4.82. The molecular weight excluding hydrogens is 200 g/mol. The number of rotatable bonds is 3. The van der Waals surface area contributed by atoms with Gasteiger partial charge in [-0.25, -0.2) is 0 Å². The number of hydrogen-bond acceptors (Lipinski definition) is 2. The lowest BCUT2D eigenvalue weighted by Crippen LogP contribution is -2.27. The van der Waals surface area contributed by atoms with E-state index in [-0.39, 0.29) is 18.0 Å². The van der Waals surface area contributed by atoms with Crippen LogP contribution < -0.4 is 0 Å². The van der Waals surface area contributed by atoms with Crippen molar-refractivity contribution >= 4 is 17.6 Å². The molecule has 0 unspecified atom stereocenters. The Labute approximate surface area is 90.0 Å². The molecule has 2 bridgehead atoms. The highest BCUT2D eigenvalue weighted by Gasteiger charge is 2.46. The lowest BCUT2D eigenvalue weighted by Gasteiger charge is -2.26. The number of carbonyl (C=O) groups excluding carboxylic acids is 1. The van der Waals surface area contributed by atoms with E-state index in [4.69, 9.17) is 16.3 Å². The standard InChI is InChI=1S/C11H17ClO2/c1-2-7-3-9-4-8(7)5-10(9)14-11(13)6-12/h7-10H,2-6H2,1H3/t7-,8+,9-,10-/m0/s1. The zero-order chi connectivity index (χ0) is 10.1. The maximum atomic E-state index is 11.0. The fourth-order valence-corrected chi connectivity index (χ4v) is 3.25. The largest absolute Gasteiger partial charge is 0.461 e. The number of carbonyl (C=O) groups is 1. The normalized spacial score (nSPS) is 40.1. The van der Waals surface area contributed by atoms with Gasteiger partial charge in [-0.15, -0.1) is 11.6 Å². The van der Waals surface area contributed by atoms with Crippen molar-refractivity contribution in [2.75, 3.05) is 5.88 Å². The third-order valence-corrected chi connectivity index (χ3v) is 4.07. The third kappa shape index (κ3) is 1.77. The van der Waals surface area contributed by atoms with Crippen LogP contribution >= 0.6 is 11.6 Å². The Morgan fingerprint density at radius 3 is 2.64 bits per heavy atom. The molecule has 2 aliphatic carbocycles. The molecule has 0 amide bonds. The highest BCUT2D eigenvalue weighted by atomic mass is 35.5. The molecule has 3 heteroatoms. The van der Waals surface area contributed by atoms with Gasteiger partial charge in [-0.05, 0) is 37.0 Å². The van der Waals surface area contributed by atoms with E-state index in [0.717, 1.165) is 18.3 Å². The average Bonchev–Trinajstić information content (AvgIpc) is 2.75. The summed E-state index contributed by atoms with van der Waals surface area (Å²) < 4.78 is 5.32. The summed E-state index contributed by atoms with van der Waals surface area (Å²) in [5, 5.41) is 0. The van der Waals surface area contributed by atoms with E-state index in [0.29, 0.717) is 5.92 Å². The topological polar surface area (TPSA) is 26.3 Å². The van der Waals surface area contributed by atoms with E-state index in [9.17, 15) is 4.79 Å². The number of esters is 1. The molecule has 0 spiro atoms. The van der Waals surface area contributed by atoms with Gasteiger partial charge in [-0.2, -0.15) is 0 Å². The van der Waals surface area contributed by atoms with Crippen molar-refractivity contribution in [2.24, 2.45) is 17.8 Å². The van der Waals surface area contributed by atoms with Crippen LogP contribution in [0.25, 0.3) is 0 Å². The first-order chi connectivity index (χ1) is 6.74.